The number of nitrogens with zero attached hydrogens (tertiary/aromatic N) is 4. The van der Waals surface area contributed by atoms with E-state index in [0.717, 1.165) is 5.57 Å². The summed E-state index contributed by atoms with van der Waals surface area (Å²) in [4.78, 5) is 10.1. The number of hydrogen-bond acceptors (Lipinski definition) is 5. The minimum atomic E-state index is 0.191. The van der Waals surface area contributed by atoms with Crippen LogP contribution in [-0.4, -0.2) is 24.1 Å². The van der Waals surface area contributed by atoms with Gasteiger partial charge in [0, 0.05) is 19.7 Å². The van der Waals surface area contributed by atoms with Crippen molar-refractivity contribution >= 4 is 17.3 Å². The zero-order valence-electron chi connectivity index (χ0n) is 9.60. The molecule has 0 unspecified atom stereocenters. The summed E-state index contributed by atoms with van der Waals surface area (Å²) in [5.74, 6) is 0.668. The zero-order chi connectivity index (χ0) is 12.4. The third-order valence-electron chi connectivity index (χ3n) is 2.29. The Bertz CT molecular complexity index is 598. The van der Waals surface area contributed by atoms with Gasteiger partial charge in [-0.25, -0.2) is 4.98 Å². The van der Waals surface area contributed by atoms with Crippen LogP contribution in [0.25, 0.3) is 5.57 Å². The average Bonchev–Trinajstić information content (AvgIpc) is 2.81. The molecule has 1 aliphatic carbocycles. The summed E-state index contributed by atoms with van der Waals surface area (Å²) in [7, 11) is 3.64. The second-order valence-electron chi connectivity index (χ2n) is 3.72. The third-order valence-corrected chi connectivity index (χ3v) is 2.29. The van der Waals surface area contributed by atoms with Gasteiger partial charge in [0.1, 0.15) is 23.1 Å². The van der Waals surface area contributed by atoms with E-state index in [0.29, 0.717) is 11.6 Å². The Morgan fingerprint density at radius 3 is 2.71 bits per heavy atom. The molecule has 0 aromatic carbocycles. The first kappa shape index (κ1) is 10.9. The number of hydrogen-bond donors (Lipinski definition) is 1. The molecule has 0 saturated carbocycles. The maximum atomic E-state index is 9.09. The normalized spacial score (nSPS) is 12.4. The van der Waals surface area contributed by atoms with E-state index in [-0.39, 0.29) is 11.4 Å². The second-order valence-corrected chi connectivity index (χ2v) is 3.72. The number of allylic oxidation sites excluding steroid dienone is 3. The molecule has 0 bridgehead atoms. The molecule has 0 saturated heterocycles. The highest BCUT2D eigenvalue weighted by molar-refractivity contribution is 5.80. The van der Waals surface area contributed by atoms with Crippen molar-refractivity contribution in [1.29, 1.82) is 5.26 Å². The maximum Gasteiger partial charge on any atom is 0.227 e. The fraction of sp³-hybridized carbons (Fsp3) is 0.167. The lowest BCUT2D eigenvalue weighted by atomic mass is 10.1. The van der Waals surface area contributed by atoms with Crippen LogP contribution in [0.5, 0.6) is 0 Å². The summed E-state index contributed by atoms with van der Waals surface area (Å²) in [5.41, 5.74) is 10.3. The maximum absolute atomic E-state index is 9.09. The van der Waals surface area contributed by atoms with Crippen molar-refractivity contribution in [3.8, 4) is 6.07 Å². The van der Waals surface area contributed by atoms with Crippen molar-refractivity contribution in [1.82, 2.24) is 9.97 Å². The number of nitrogen functional groups attached to an aromatic ring is 1. The van der Waals surface area contributed by atoms with E-state index in [1.54, 1.807) is 11.0 Å². The Morgan fingerprint density at radius 1 is 1.41 bits per heavy atom. The van der Waals surface area contributed by atoms with Gasteiger partial charge in [-0.15, -0.1) is 5.73 Å². The molecule has 5 nitrogen and oxygen atoms in total. The largest absolute Gasteiger partial charge is 0.382 e. The van der Waals surface area contributed by atoms with Crippen LogP contribution in [0.1, 0.15) is 11.3 Å². The summed E-state index contributed by atoms with van der Waals surface area (Å²) in [5, 5.41) is 9.09. The molecule has 0 fully saturated rings. The van der Waals surface area contributed by atoms with E-state index in [4.69, 9.17) is 11.0 Å². The number of anilines is 2. The van der Waals surface area contributed by atoms with Crippen LogP contribution in [0, 0.1) is 11.3 Å². The Balaban J connectivity index is 2.68. The van der Waals surface area contributed by atoms with Gasteiger partial charge >= 0.3 is 0 Å². The first-order valence-corrected chi connectivity index (χ1v) is 5.02. The first-order chi connectivity index (χ1) is 8.13. The first-order valence-electron chi connectivity index (χ1n) is 5.02. The molecular weight excluding hydrogens is 214 g/mol. The van der Waals surface area contributed by atoms with Crippen molar-refractivity contribution in [3.05, 3.63) is 35.2 Å². The lowest BCUT2D eigenvalue weighted by Crippen LogP contribution is -2.15. The Morgan fingerprint density at radius 2 is 2.18 bits per heavy atom. The molecule has 0 radical (unpaired) electrons. The lowest BCUT2D eigenvalue weighted by molar-refractivity contribution is 0.992. The van der Waals surface area contributed by atoms with Gasteiger partial charge in [0.05, 0.1) is 0 Å². The van der Waals surface area contributed by atoms with Crippen LogP contribution in [-0.2, 0) is 0 Å². The topological polar surface area (TPSA) is 78.8 Å². The third kappa shape index (κ3) is 1.89. The molecule has 17 heavy (non-hydrogen) atoms. The molecule has 1 aromatic heterocycles. The van der Waals surface area contributed by atoms with Crippen LogP contribution in [0.3, 0.4) is 0 Å². The lowest BCUT2D eigenvalue weighted by Gasteiger charge is -2.13. The standard InChI is InChI=1S/C12H11N5/c1-17(2)12-15-10(8-5-3-4-6-8)9(7-13)11(14)16-12/h3-5H,1-2H3,(H2,14,15,16). The van der Waals surface area contributed by atoms with Gasteiger partial charge in [0.2, 0.25) is 5.95 Å². The van der Waals surface area contributed by atoms with Crippen LogP contribution in [0.2, 0.25) is 0 Å². The predicted molar refractivity (Wildman–Crippen MR) is 66.1 cm³/mol. The van der Waals surface area contributed by atoms with Gasteiger partial charge in [0.15, 0.2) is 0 Å². The average molecular weight is 225 g/mol. The number of nitrogens with two attached hydrogens (primary N) is 1. The molecule has 2 N–H and O–H groups in total. The Hall–Kier alpha value is -2.57. The van der Waals surface area contributed by atoms with Crippen molar-refractivity contribution in [3.63, 3.8) is 0 Å². The fourth-order valence-electron chi connectivity index (χ4n) is 1.45. The van der Waals surface area contributed by atoms with Crippen LogP contribution >= 0.6 is 0 Å². The minimum absolute atomic E-state index is 0.191. The molecule has 1 heterocycles. The molecule has 0 atom stereocenters. The van der Waals surface area contributed by atoms with Gasteiger partial charge in [-0.1, -0.05) is 6.08 Å². The molecule has 1 aliphatic rings. The van der Waals surface area contributed by atoms with E-state index in [1.165, 1.54) is 0 Å². The quantitative estimate of drug-likeness (QED) is 0.762. The highest BCUT2D eigenvalue weighted by Gasteiger charge is 2.16. The molecule has 5 heteroatoms. The number of aromatic nitrogens is 2. The van der Waals surface area contributed by atoms with E-state index >= 15 is 0 Å². The molecular formula is C12H11N5. The predicted octanol–water partition coefficient (Wildman–Crippen LogP) is 1.10. The summed E-state index contributed by atoms with van der Waals surface area (Å²) >= 11 is 0. The van der Waals surface area contributed by atoms with Crippen molar-refractivity contribution in [2.45, 2.75) is 0 Å². The van der Waals surface area contributed by atoms with Crippen LogP contribution < -0.4 is 10.6 Å². The van der Waals surface area contributed by atoms with Crippen LogP contribution in [0.15, 0.2) is 24.0 Å². The minimum Gasteiger partial charge on any atom is -0.382 e. The van der Waals surface area contributed by atoms with E-state index in [9.17, 15) is 0 Å². The van der Waals surface area contributed by atoms with Crippen molar-refractivity contribution in [2.24, 2.45) is 0 Å². The highest BCUT2D eigenvalue weighted by atomic mass is 15.2. The Labute approximate surface area is 99.2 Å². The summed E-state index contributed by atoms with van der Waals surface area (Å²) in [6, 6.07) is 2.03. The molecule has 84 valence electrons. The van der Waals surface area contributed by atoms with Crippen LogP contribution in [0.4, 0.5) is 11.8 Å². The fourth-order valence-corrected chi connectivity index (χ4v) is 1.45. The zero-order valence-corrected chi connectivity index (χ0v) is 9.60. The van der Waals surface area contributed by atoms with Gasteiger partial charge < -0.3 is 10.6 Å². The molecule has 0 spiro atoms. The van der Waals surface area contributed by atoms with Gasteiger partial charge in [-0.3, -0.25) is 0 Å². The number of nitriles is 1. The Kier molecular flexibility index (Phi) is 2.65. The SMILES string of the molecule is CN(C)c1nc(N)c(C#N)c(C2=C=CC=C2)n1. The van der Waals surface area contributed by atoms with Gasteiger partial charge in [0.25, 0.3) is 0 Å². The monoisotopic (exact) mass is 225 g/mol. The van der Waals surface area contributed by atoms with Gasteiger partial charge in [-0.05, 0) is 12.2 Å². The smallest absolute Gasteiger partial charge is 0.227 e. The van der Waals surface area contributed by atoms with E-state index < -0.39 is 0 Å². The molecule has 0 amide bonds. The second kappa shape index (κ2) is 4.12. The summed E-state index contributed by atoms with van der Waals surface area (Å²) < 4.78 is 0. The van der Waals surface area contributed by atoms with E-state index in [1.807, 2.05) is 32.3 Å². The highest BCUT2D eigenvalue weighted by Crippen LogP contribution is 2.24. The van der Waals surface area contributed by atoms with Crippen molar-refractivity contribution < 1.29 is 0 Å². The molecule has 2 rings (SSSR count). The van der Waals surface area contributed by atoms with Crippen molar-refractivity contribution in [2.75, 3.05) is 24.7 Å². The van der Waals surface area contributed by atoms with Gasteiger partial charge in [-0.2, -0.15) is 10.2 Å². The summed E-state index contributed by atoms with van der Waals surface area (Å²) in [6.45, 7) is 0. The molecule has 0 aliphatic heterocycles. The van der Waals surface area contributed by atoms with E-state index in [2.05, 4.69) is 15.7 Å². The number of rotatable bonds is 2. The molecule has 1 aromatic rings. The summed E-state index contributed by atoms with van der Waals surface area (Å²) in [6.07, 6.45) is 5.44.